The lowest BCUT2D eigenvalue weighted by Crippen LogP contribution is -2.16. The van der Waals surface area contributed by atoms with Gasteiger partial charge in [-0.05, 0) is 99.4 Å². The van der Waals surface area contributed by atoms with Gasteiger partial charge < -0.3 is 9.32 Å². The normalized spacial score (nSPS) is 13.1. The Morgan fingerprint density at radius 3 is 1.96 bits per heavy atom. The minimum atomic E-state index is -0.0684. The third-order valence-corrected chi connectivity index (χ3v) is 9.69. The average molecular weight is 605 g/mol. The van der Waals surface area contributed by atoms with Crippen molar-refractivity contribution in [2.45, 2.75) is 19.3 Å². The molecule has 0 spiro atoms. The largest absolute Gasteiger partial charge is 0.435 e. The summed E-state index contributed by atoms with van der Waals surface area (Å²) in [7, 11) is 0. The van der Waals surface area contributed by atoms with Crippen molar-refractivity contribution in [1.29, 1.82) is 0 Å². The first kappa shape index (κ1) is 27.4. The molecule has 0 unspecified atom stereocenters. The molecule has 0 atom stereocenters. The second kappa shape index (κ2) is 10.6. The van der Waals surface area contributed by atoms with Crippen molar-refractivity contribution in [1.82, 2.24) is 4.98 Å². The van der Waals surface area contributed by atoms with Crippen LogP contribution >= 0.6 is 0 Å². The number of anilines is 3. The molecule has 47 heavy (non-hydrogen) atoms. The van der Waals surface area contributed by atoms with Crippen molar-refractivity contribution < 1.29 is 4.42 Å². The summed E-state index contributed by atoms with van der Waals surface area (Å²) in [5.74, 6) is 0.641. The fraction of sp³-hybridized carbons (Fsp3) is 0.0682. The maximum Gasteiger partial charge on any atom is 0.227 e. The van der Waals surface area contributed by atoms with Crippen molar-refractivity contribution >= 4 is 38.9 Å². The Hall–Kier alpha value is -5.93. The highest BCUT2D eigenvalue weighted by atomic mass is 16.3. The van der Waals surface area contributed by atoms with Gasteiger partial charge in [-0.1, -0.05) is 111 Å². The topological polar surface area (TPSA) is 29.3 Å². The Bertz CT molecular complexity index is 2420. The van der Waals surface area contributed by atoms with Crippen molar-refractivity contribution in [3.63, 3.8) is 0 Å². The third kappa shape index (κ3) is 4.46. The smallest absolute Gasteiger partial charge is 0.227 e. The molecule has 0 radical (unpaired) electrons. The number of rotatable bonds is 5. The molecule has 8 aromatic rings. The van der Waals surface area contributed by atoms with Gasteiger partial charge in [-0.25, -0.2) is 4.98 Å². The molecule has 1 heterocycles. The fourth-order valence-corrected chi connectivity index (χ4v) is 7.25. The summed E-state index contributed by atoms with van der Waals surface area (Å²) in [5, 5.41) is 2.19. The van der Waals surface area contributed by atoms with E-state index in [2.05, 4.69) is 140 Å². The first-order valence-corrected chi connectivity index (χ1v) is 16.1. The molecule has 0 saturated heterocycles. The zero-order chi connectivity index (χ0) is 31.5. The van der Waals surface area contributed by atoms with Gasteiger partial charge in [0.25, 0.3) is 0 Å². The lowest BCUT2D eigenvalue weighted by atomic mass is 9.82. The molecule has 0 fully saturated rings. The van der Waals surface area contributed by atoms with E-state index < -0.39 is 0 Å². The van der Waals surface area contributed by atoms with Crippen molar-refractivity contribution in [2.24, 2.45) is 0 Å². The van der Waals surface area contributed by atoms with Crippen LogP contribution in [0.15, 0.2) is 162 Å². The van der Waals surface area contributed by atoms with E-state index in [4.69, 9.17) is 9.40 Å². The van der Waals surface area contributed by atoms with Gasteiger partial charge in [0.2, 0.25) is 5.89 Å². The van der Waals surface area contributed by atoms with E-state index in [0.717, 1.165) is 55.6 Å². The van der Waals surface area contributed by atoms with E-state index in [1.54, 1.807) is 0 Å². The molecule has 224 valence electrons. The number of benzene rings is 7. The zero-order valence-corrected chi connectivity index (χ0v) is 26.3. The maximum atomic E-state index is 6.36. The molecule has 3 heteroatoms. The van der Waals surface area contributed by atoms with E-state index in [1.807, 2.05) is 36.4 Å². The lowest BCUT2D eigenvalue weighted by Gasteiger charge is -2.28. The predicted molar refractivity (Wildman–Crippen MR) is 195 cm³/mol. The Morgan fingerprint density at radius 2 is 1.15 bits per heavy atom. The number of hydrogen-bond acceptors (Lipinski definition) is 3. The highest BCUT2D eigenvalue weighted by molar-refractivity contribution is 6.05. The summed E-state index contributed by atoms with van der Waals surface area (Å²) >= 11 is 0. The lowest BCUT2D eigenvalue weighted by molar-refractivity contribution is 0.623. The quantitative estimate of drug-likeness (QED) is 0.196. The number of oxazole rings is 1. The van der Waals surface area contributed by atoms with Gasteiger partial charge in [0, 0.05) is 33.4 Å². The zero-order valence-electron chi connectivity index (χ0n) is 26.3. The van der Waals surface area contributed by atoms with Gasteiger partial charge in [-0.3, -0.25) is 0 Å². The maximum absolute atomic E-state index is 6.36. The van der Waals surface area contributed by atoms with Crippen LogP contribution in [-0.4, -0.2) is 4.98 Å². The second-order valence-corrected chi connectivity index (χ2v) is 12.9. The number of fused-ring (bicyclic) bond motifs is 6. The Balaban J connectivity index is 1.11. The van der Waals surface area contributed by atoms with E-state index in [1.165, 1.54) is 22.3 Å². The summed E-state index contributed by atoms with van der Waals surface area (Å²) in [4.78, 5) is 7.15. The van der Waals surface area contributed by atoms with E-state index >= 15 is 0 Å². The van der Waals surface area contributed by atoms with Gasteiger partial charge in [0.05, 0.1) is 0 Å². The van der Waals surface area contributed by atoms with Crippen LogP contribution in [-0.2, 0) is 5.41 Å². The highest BCUT2D eigenvalue weighted by Gasteiger charge is 2.35. The van der Waals surface area contributed by atoms with Crippen molar-refractivity contribution in [3.8, 4) is 33.7 Å². The molecule has 0 saturated carbocycles. The summed E-state index contributed by atoms with van der Waals surface area (Å²) in [6.07, 6.45) is 0. The van der Waals surface area contributed by atoms with E-state index in [-0.39, 0.29) is 5.41 Å². The summed E-state index contributed by atoms with van der Waals surface area (Å²) in [6, 6.07) is 56.1. The van der Waals surface area contributed by atoms with Crippen LogP contribution in [0.4, 0.5) is 17.1 Å². The van der Waals surface area contributed by atoms with Crippen LogP contribution in [0.1, 0.15) is 25.0 Å². The molecule has 7 aromatic carbocycles. The Labute approximate surface area is 274 Å². The van der Waals surface area contributed by atoms with Crippen LogP contribution < -0.4 is 4.90 Å². The van der Waals surface area contributed by atoms with Crippen molar-refractivity contribution in [3.05, 3.63) is 169 Å². The minimum Gasteiger partial charge on any atom is -0.435 e. The summed E-state index contributed by atoms with van der Waals surface area (Å²) in [5.41, 5.74) is 13.7. The van der Waals surface area contributed by atoms with E-state index in [0.29, 0.717) is 5.89 Å². The molecule has 0 amide bonds. The average Bonchev–Trinajstić information content (AvgIpc) is 3.67. The van der Waals surface area contributed by atoms with Crippen LogP contribution in [0.5, 0.6) is 0 Å². The third-order valence-electron chi connectivity index (χ3n) is 9.69. The molecule has 3 nitrogen and oxygen atoms in total. The molecular formula is C44H32N2O. The molecule has 0 aliphatic heterocycles. The Morgan fingerprint density at radius 1 is 0.511 bits per heavy atom. The van der Waals surface area contributed by atoms with Gasteiger partial charge in [0.15, 0.2) is 5.58 Å². The molecule has 9 rings (SSSR count). The number of nitrogens with zero attached hydrogens (tertiary/aromatic N) is 2. The van der Waals surface area contributed by atoms with E-state index in [9.17, 15) is 0 Å². The molecule has 0 bridgehead atoms. The highest BCUT2D eigenvalue weighted by Crippen LogP contribution is 2.50. The van der Waals surface area contributed by atoms with Gasteiger partial charge in [0.1, 0.15) is 5.52 Å². The minimum absolute atomic E-state index is 0.0684. The first-order chi connectivity index (χ1) is 23.0. The second-order valence-electron chi connectivity index (χ2n) is 12.9. The standard InChI is InChI=1S/C44H32N2O/c1-44(2)39-16-10-9-15-36(39)37-25-24-35(28-40(37)44)46(33-13-7-4-8-14-33)34-22-19-29(20-23-34)32-18-17-30-21-26-41-42(38(30)27-32)47-43(45-41)31-11-5-3-6-12-31/h3-28H,1-2H3. The summed E-state index contributed by atoms with van der Waals surface area (Å²) < 4.78 is 6.36. The number of para-hydroxylation sites is 1. The molecule has 1 aromatic heterocycles. The number of aromatic nitrogens is 1. The number of hydrogen-bond donors (Lipinski definition) is 0. The molecular weight excluding hydrogens is 572 g/mol. The van der Waals surface area contributed by atoms with Crippen LogP contribution in [0, 0.1) is 0 Å². The monoisotopic (exact) mass is 604 g/mol. The van der Waals surface area contributed by atoms with Crippen LogP contribution in [0.3, 0.4) is 0 Å². The fourth-order valence-electron chi connectivity index (χ4n) is 7.25. The summed E-state index contributed by atoms with van der Waals surface area (Å²) in [6.45, 7) is 4.67. The molecule has 1 aliphatic rings. The first-order valence-electron chi connectivity index (χ1n) is 16.1. The van der Waals surface area contributed by atoms with Crippen LogP contribution in [0.2, 0.25) is 0 Å². The molecule has 1 aliphatic carbocycles. The predicted octanol–water partition coefficient (Wildman–Crippen LogP) is 12.1. The van der Waals surface area contributed by atoms with Gasteiger partial charge in [-0.15, -0.1) is 0 Å². The molecule has 0 N–H and O–H groups in total. The van der Waals surface area contributed by atoms with Gasteiger partial charge in [-0.2, -0.15) is 0 Å². The van der Waals surface area contributed by atoms with Crippen LogP contribution in [0.25, 0.3) is 55.6 Å². The Kier molecular flexibility index (Phi) is 6.16. The SMILES string of the molecule is CC1(C)c2ccccc2-c2ccc(N(c3ccccc3)c3ccc(-c4ccc5ccc6nc(-c7ccccc7)oc6c5c4)cc3)cc21. The van der Waals surface area contributed by atoms with Gasteiger partial charge >= 0.3 is 0 Å². The van der Waals surface area contributed by atoms with Crippen molar-refractivity contribution in [2.75, 3.05) is 4.90 Å².